The fourth-order valence-electron chi connectivity index (χ4n) is 5.85. The van der Waals surface area contributed by atoms with Gasteiger partial charge >= 0.3 is 0 Å². The van der Waals surface area contributed by atoms with Crippen LogP contribution < -0.4 is 15.4 Å². The van der Waals surface area contributed by atoms with Gasteiger partial charge in [0.25, 0.3) is 0 Å². The number of amides is 1. The molecule has 0 radical (unpaired) electrons. The van der Waals surface area contributed by atoms with Crippen molar-refractivity contribution in [2.24, 2.45) is 5.92 Å². The molecule has 2 N–H and O–H groups in total. The van der Waals surface area contributed by atoms with Crippen molar-refractivity contribution in [1.82, 2.24) is 14.6 Å². The lowest BCUT2D eigenvalue weighted by Gasteiger charge is -2.39. The van der Waals surface area contributed by atoms with Crippen molar-refractivity contribution in [2.75, 3.05) is 31.8 Å². The minimum absolute atomic E-state index is 0.164. The van der Waals surface area contributed by atoms with E-state index in [9.17, 15) is 13.2 Å². The summed E-state index contributed by atoms with van der Waals surface area (Å²) in [6, 6.07) is 15.0. The molecule has 1 aliphatic rings. The molecule has 0 spiro atoms. The number of carbonyl (C=O) groups is 1. The monoisotopic (exact) mass is 628 g/mol. The van der Waals surface area contributed by atoms with Crippen LogP contribution in [0.2, 0.25) is 5.02 Å². The molecule has 1 aliphatic heterocycles. The fraction of sp³-hybridized carbons (Fsp3) is 0.375. The average molecular weight is 629 g/mol. The molecule has 1 fully saturated rings. The van der Waals surface area contributed by atoms with Crippen molar-refractivity contribution >= 4 is 33.2 Å². The van der Waals surface area contributed by atoms with E-state index in [-0.39, 0.29) is 18.0 Å². The van der Waals surface area contributed by atoms with Crippen LogP contribution in [0.4, 0.5) is 10.1 Å². The van der Waals surface area contributed by atoms with Crippen LogP contribution in [0.3, 0.4) is 0 Å². The third-order valence-corrected chi connectivity index (χ3v) is 9.49. The highest BCUT2D eigenvalue weighted by atomic mass is 35.5. The van der Waals surface area contributed by atoms with E-state index in [0.29, 0.717) is 54.5 Å². The van der Waals surface area contributed by atoms with Crippen molar-refractivity contribution in [2.45, 2.75) is 44.2 Å². The number of halogens is 2. The Kier molecular flexibility index (Phi) is 10.9. The second-order valence-electron chi connectivity index (χ2n) is 10.8. The van der Waals surface area contributed by atoms with E-state index in [1.54, 1.807) is 46.9 Å². The molecule has 4 atom stereocenters. The number of nitrogens with zero attached hydrogens (tertiary/aromatic N) is 2. The summed E-state index contributed by atoms with van der Waals surface area (Å²) >= 11 is 6.15. The number of carbonyl (C=O) groups excluding carboxylic acids is 1. The van der Waals surface area contributed by atoms with Gasteiger partial charge < -0.3 is 15.4 Å². The lowest BCUT2D eigenvalue weighted by Crippen LogP contribution is -2.57. The molecule has 1 saturated heterocycles. The SMILES string of the molecule is C=C[C@H](C(=O)Nc1cccc(F)c1CCC[C@H]1CNC[C@H](C)N1S(C)(=O)=O)[C@@H](c1ccc(Cl)cc1)c1ccc(OC)nc1. The first-order chi connectivity index (χ1) is 20.5. The van der Waals surface area contributed by atoms with E-state index in [2.05, 4.69) is 22.2 Å². The molecule has 4 rings (SSSR count). The number of anilines is 1. The lowest BCUT2D eigenvalue weighted by molar-refractivity contribution is -0.118. The largest absolute Gasteiger partial charge is 0.481 e. The zero-order chi connectivity index (χ0) is 31.1. The van der Waals surface area contributed by atoms with Gasteiger partial charge in [0.05, 0.1) is 19.3 Å². The summed E-state index contributed by atoms with van der Waals surface area (Å²) < 4.78 is 46.8. The number of nitrogens with one attached hydrogen (secondary N) is 2. The summed E-state index contributed by atoms with van der Waals surface area (Å²) in [6.45, 7) is 6.95. The molecule has 1 aromatic heterocycles. The Hall–Kier alpha value is -3.31. The highest BCUT2D eigenvalue weighted by molar-refractivity contribution is 7.88. The number of hydrogen-bond acceptors (Lipinski definition) is 6. The topological polar surface area (TPSA) is 101 Å². The highest BCUT2D eigenvalue weighted by Gasteiger charge is 2.34. The van der Waals surface area contributed by atoms with Gasteiger partial charge in [-0.05, 0) is 61.6 Å². The maximum Gasteiger partial charge on any atom is 0.232 e. The second kappa shape index (κ2) is 14.4. The van der Waals surface area contributed by atoms with Crippen LogP contribution >= 0.6 is 11.6 Å². The predicted molar refractivity (Wildman–Crippen MR) is 169 cm³/mol. The quantitative estimate of drug-likeness (QED) is 0.261. The van der Waals surface area contributed by atoms with Crippen LogP contribution in [-0.2, 0) is 21.2 Å². The molecule has 230 valence electrons. The molecule has 43 heavy (non-hydrogen) atoms. The summed E-state index contributed by atoms with van der Waals surface area (Å²) in [7, 11) is -1.86. The van der Waals surface area contributed by atoms with Crippen molar-refractivity contribution in [3.05, 3.63) is 101 Å². The molecule has 3 aromatic rings. The van der Waals surface area contributed by atoms with Crippen molar-refractivity contribution in [1.29, 1.82) is 0 Å². The van der Waals surface area contributed by atoms with E-state index >= 15 is 4.39 Å². The first-order valence-electron chi connectivity index (χ1n) is 14.2. The second-order valence-corrected chi connectivity index (χ2v) is 13.2. The molecular formula is C32H38ClFN4O4S. The van der Waals surface area contributed by atoms with Gasteiger partial charge in [-0.15, -0.1) is 6.58 Å². The first kappa shape index (κ1) is 32.6. The molecule has 11 heteroatoms. The molecular weight excluding hydrogens is 591 g/mol. The number of aromatic nitrogens is 1. The van der Waals surface area contributed by atoms with Gasteiger partial charge in [-0.2, -0.15) is 4.31 Å². The molecule has 0 unspecified atom stereocenters. The van der Waals surface area contributed by atoms with Gasteiger partial charge in [-0.3, -0.25) is 4.79 Å². The van der Waals surface area contributed by atoms with Gasteiger partial charge in [0, 0.05) is 59.6 Å². The number of rotatable bonds is 12. The minimum Gasteiger partial charge on any atom is -0.481 e. The number of piperazine rings is 1. The average Bonchev–Trinajstić information content (AvgIpc) is 2.97. The zero-order valence-corrected chi connectivity index (χ0v) is 26.2. The van der Waals surface area contributed by atoms with Crippen LogP contribution in [0.1, 0.15) is 42.4 Å². The number of pyridine rings is 1. The van der Waals surface area contributed by atoms with Crippen LogP contribution in [0.25, 0.3) is 0 Å². The third-order valence-electron chi connectivity index (χ3n) is 7.81. The van der Waals surface area contributed by atoms with Gasteiger partial charge in [0.2, 0.25) is 21.8 Å². The molecule has 0 aliphatic carbocycles. The van der Waals surface area contributed by atoms with Crippen LogP contribution in [0, 0.1) is 11.7 Å². The molecule has 2 heterocycles. The lowest BCUT2D eigenvalue weighted by atomic mass is 9.80. The van der Waals surface area contributed by atoms with Crippen LogP contribution in [0.5, 0.6) is 5.88 Å². The maximum absolute atomic E-state index is 15.2. The zero-order valence-electron chi connectivity index (χ0n) is 24.6. The van der Waals surface area contributed by atoms with Crippen molar-refractivity contribution in [3.63, 3.8) is 0 Å². The molecule has 1 amide bonds. The van der Waals surface area contributed by atoms with Crippen LogP contribution in [-0.4, -0.2) is 62.2 Å². The molecule has 8 nitrogen and oxygen atoms in total. The standard InChI is InChI=1S/C32H38ClFN4O4S/c1-5-26(31(22-12-15-24(33)16-13-22)23-14-17-30(42-3)36-19-23)32(39)37-29-11-7-10-28(34)27(29)9-6-8-25-20-35-18-21(2)38(25)43(4,40)41/h5,7,10-17,19,21,25-26,31,35H,1,6,8-9,18,20H2,2-4H3,(H,37,39)/t21-,25-,26-,31-/m0/s1. The Morgan fingerprint density at radius 3 is 2.56 bits per heavy atom. The number of ether oxygens (including phenoxy) is 1. The van der Waals surface area contributed by atoms with Crippen LogP contribution in [0.15, 0.2) is 73.4 Å². The van der Waals surface area contributed by atoms with Gasteiger partial charge in [-0.25, -0.2) is 17.8 Å². The molecule has 0 saturated carbocycles. The van der Waals surface area contributed by atoms with Crippen molar-refractivity contribution < 1.29 is 22.3 Å². The van der Waals surface area contributed by atoms with E-state index in [0.717, 1.165) is 11.1 Å². The molecule has 2 aromatic carbocycles. The van der Waals surface area contributed by atoms with E-state index in [1.807, 2.05) is 25.1 Å². The summed E-state index contributed by atoms with van der Waals surface area (Å²) in [4.78, 5) is 18.2. The highest BCUT2D eigenvalue weighted by Crippen LogP contribution is 2.35. The Morgan fingerprint density at radius 2 is 1.93 bits per heavy atom. The normalized spacial score (nSPS) is 18.9. The Bertz CT molecular complexity index is 1520. The summed E-state index contributed by atoms with van der Waals surface area (Å²) in [5.74, 6) is -1.53. The van der Waals surface area contributed by atoms with E-state index < -0.39 is 27.7 Å². The summed E-state index contributed by atoms with van der Waals surface area (Å²) in [6.07, 6.45) is 5.87. The Morgan fingerprint density at radius 1 is 1.21 bits per heavy atom. The maximum atomic E-state index is 15.2. The number of benzene rings is 2. The van der Waals surface area contributed by atoms with Crippen molar-refractivity contribution in [3.8, 4) is 5.88 Å². The third kappa shape index (κ3) is 8.00. The Balaban J connectivity index is 1.56. The van der Waals surface area contributed by atoms with Gasteiger partial charge in [-0.1, -0.05) is 41.9 Å². The number of hydrogen-bond donors (Lipinski definition) is 2. The van der Waals surface area contributed by atoms with E-state index in [1.165, 1.54) is 19.4 Å². The number of methoxy groups -OCH3 is 1. The van der Waals surface area contributed by atoms with Gasteiger partial charge in [0.15, 0.2) is 0 Å². The predicted octanol–water partition coefficient (Wildman–Crippen LogP) is 5.40. The van der Waals surface area contributed by atoms with E-state index in [4.69, 9.17) is 16.3 Å². The first-order valence-corrected chi connectivity index (χ1v) is 16.4. The summed E-state index contributed by atoms with van der Waals surface area (Å²) in [5.41, 5.74) is 2.35. The number of sulfonamides is 1. The smallest absolute Gasteiger partial charge is 0.232 e. The molecule has 0 bridgehead atoms. The summed E-state index contributed by atoms with van der Waals surface area (Å²) in [5, 5.41) is 6.80. The fourth-order valence-corrected chi connectivity index (χ4v) is 7.43. The minimum atomic E-state index is -3.39. The van der Waals surface area contributed by atoms with Gasteiger partial charge in [0.1, 0.15) is 5.82 Å². The Labute approximate surface area is 258 Å².